The fraction of sp³-hybridized carbons (Fsp3) is 0.733. The molecule has 0 saturated carbocycles. The third-order valence-electron chi connectivity index (χ3n) is 3.89. The van der Waals surface area contributed by atoms with E-state index in [1.54, 1.807) is 11.3 Å². The van der Waals surface area contributed by atoms with Crippen LogP contribution in [0.15, 0.2) is 0 Å². The summed E-state index contributed by atoms with van der Waals surface area (Å²) in [6.45, 7) is 9.98. The molecule has 1 aliphatic heterocycles. The molecule has 0 aliphatic carbocycles. The SMILES string of the molecule is Cc1nc(C(C)NC(C)C(=O)N2CCCCC2)c(C)s1. The van der Waals surface area contributed by atoms with Crippen LogP contribution in [0.5, 0.6) is 0 Å². The lowest BCUT2D eigenvalue weighted by Gasteiger charge is -2.30. The second-order valence-electron chi connectivity index (χ2n) is 5.67. The smallest absolute Gasteiger partial charge is 0.239 e. The number of amides is 1. The Labute approximate surface area is 125 Å². The van der Waals surface area contributed by atoms with E-state index in [2.05, 4.69) is 24.1 Å². The van der Waals surface area contributed by atoms with Gasteiger partial charge in [0.25, 0.3) is 0 Å². The van der Waals surface area contributed by atoms with E-state index in [9.17, 15) is 4.79 Å². The van der Waals surface area contributed by atoms with Gasteiger partial charge in [0, 0.05) is 24.0 Å². The van der Waals surface area contributed by atoms with Crippen LogP contribution >= 0.6 is 11.3 Å². The lowest BCUT2D eigenvalue weighted by molar-refractivity contribution is -0.134. The zero-order valence-corrected chi connectivity index (χ0v) is 13.7. The van der Waals surface area contributed by atoms with Crippen molar-refractivity contribution in [2.75, 3.05) is 13.1 Å². The number of hydrogen-bond acceptors (Lipinski definition) is 4. The van der Waals surface area contributed by atoms with Crippen LogP contribution in [0.25, 0.3) is 0 Å². The second-order valence-corrected chi connectivity index (χ2v) is 7.08. The molecule has 1 aromatic heterocycles. The van der Waals surface area contributed by atoms with Crippen molar-refractivity contribution in [3.05, 3.63) is 15.6 Å². The molecule has 2 atom stereocenters. The Balaban J connectivity index is 1.94. The summed E-state index contributed by atoms with van der Waals surface area (Å²) in [5, 5.41) is 4.48. The van der Waals surface area contributed by atoms with Crippen LogP contribution in [-0.2, 0) is 4.79 Å². The van der Waals surface area contributed by atoms with Gasteiger partial charge >= 0.3 is 0 Å². The first-order chi connectivity index (χ1) is 9.49. The van der Waals surface area contributed by atoms with Crippen molar-refractivity contribution >= 4 is 17.2 Å². The Morgan fingerprint density at radius 1 is 1.25 bits per heavy atom. The number of piperidine rings is 1. The van der Waals surface area contributed by atoms with Gasteiger partial charge in [-0.25, -0.2) is 4.98 Å². The van der Waals surface area contributed by atoms with Gasteiger partial charge in [0.1, 0.15) is 0 Å². The molecule has 1 aromatic rings. The third-order valence-corrected chi connectivity index (χ3v) is 4.79. The number of nitrogens with zero attached hydrogens (tertiary/aromatic N) is 2. The maximum absolute atomic E-state index is 12.4. The summed E-state index contributed by atoms with van der Waals surface area (Å²) < 4.78 is 0. The molecule has 112 valence electrons. The van der Waals surface area contributed by atoms with Crippen LogP contribution in [0.4, 0.5) is 0 Å². The highest BCUT2D eigenvalue weighted by molar-refractivity contribution is 7.11. The predicted molar refractivity (Wildman–Crippen MR) is 83.0 cm³/mol. The molecule has 1 fully saturated rings. The van der Waals surface area contributed by atoms with Gasteiger partial charge in [-0.3, -0.25) is 10.1 Å². The lowest BCUT2D eigenvalue weighted by atomic mass is 10.1. The molecule has 0 spiro atoms. The monoisotopic (exact) mass is 295 g/mol. The Bertz CT molecular complexity index is 466. The highest BCUT2D eigenvalue weighted by Crippen LogP contribution is 2.23. The van der Waals surface area contributed by atoms with E-state index < -0.39 is 0 Å². The summed E-state index contributed by atoms with van der Waals surface area (Å²) in [5.74, 6) is 0.223. The summed E-state index contributed by atoms with van der Waals surface area (Å²) in [4.78, 5) is 20.2. The van der Waals surface area contributed by atoms with E-state index in [0.717, 1.165) is 36.6 Å². The standard InChI is InChI=1S/C15H25N3OS/c1-10(14-12(3)20-13(4)17-14)16-11(2)15(19)18-8-6-5-7-9-18/h10-11,16H,5-9H2,1-4H3. The molecule has 5 heteroatoms. The van der Waals surface area contributed by atoms with Gasteiger partial charge in [-0.1, -0.05) is 0 Å². The minimum Gasteiger partial charge on any atom is -0.341 e. The first-order valence-electron chi connectivity index (χ1n) is 7.48. The van der Waals surface area contributed by atoms with Gasteiger partial charge < -0.3 is 4.90 Å². The van der Waals surface area contributed by atoms with Crippen LogP contribution in [0, 0.1) is 13.8 Å². The number of carbonyl (C=O) groups is 1. The summed E-state index contributed by atoms with van der Waals surface area (Å²) >= 11 is 1.71. The molecule has 1 aliphatic rings. The fourth-order valence-electron chi connectivity index (χ4n) is 2.86. The van der Waals surface area contributed by atoms with Crippen molar-refractivity contribution in [1.29, 1.82) is 0 Å². The van der Waals surface area contributed by atoms with E-state index in [4.69, 9.17) is 0 Å². The van der Waals surface area contributed by atoms with Gasteiger partial charge in [0.15, 0.2) is 0 Å². The lowest BCUT2D eigenvalue weighted by Crippen LogP contribution is -2.47. The Kier molecular flexibility index (Phi) is 5.16. The highest BCUT2D eigenvalue weighted by atomic mass is 32.1. The predicted octanol–water partition coefficient (Wildman–Crippen LogP) is 2.81. The number of aromatic nitrogens is 1. The van der Waals surface area contributed by atoms with Crippen molar-refractivity contribution in [3.63, 3.8) is 0 Å². The van der Waals surface area contributed by atoms with Gasteiger partial charge in [-0.2, -0.15) is 0 Å². The number of nitrogens with one attached hydrogen (secondary N) is 1. The Morgan fingerprint density at radius 3 is 2.45 bits per heavy atom. The molecular formula is C15H25N3OS. The van der Waals surface area contributed by atoms with E-state index in [-0.39, 0.29) is 18.0 Å². The molecule has 0 bridgehead atoms. The Hall–Kier alpha value is -0.940. The number of thiazole rings is 1. The molecular weight excluding hydrogens is 270 g/mol. The molecule has 1 N–H and O–H groups in total. The van der Waals surface area contributed by atoms with E-state index >= 15 is 0 Å². The van der Waals surface area contributed by atoms with Crippen molar-refractivity contribution < 1.29 is 4.79 Å². The number of rotatable bonds is 4. The van der Waals surface area contributed by atoms with Crippen molar-refractivity contribution in [1.82, 2.24) is 15.2 Å². The quantitative estimate of drug-likeness (QED) is 0.929. The molecule has 4 nitrogen and oxygen atoms in total. The van der Waals surface area contributed by atoms with Crippen LogP contribution in [0.2, 0.25) is 0 Å². The fourth-order valence-corrected chi connectivity index (χ4v) is 3.77. The van der Waals surface area contributed by atoms with Gasteiger partial charge in [-0.15, -0.1) is 11.3 Å². The molecule has 2 rings (SSSR count). The third kappa shape index (κ3) is 3.58. The minimum atomic E-state index is -0.149. The first kappa shape index (κ1) is 15.4. The van der Waals surface area contributed by atoms with Crippen molar-refractivity contribution in [2.24, 2.45) is 0 Å². The van der Waals surface area contributed by atoms with Gasteiger partial charge in [0.2, 0.25) is 5.91 Å². The largest absolute Gasteiger partial charge is 0.341 e. The molecule has 2 heterocycles. The topological polar surface area (TPSA) is 45.2 Å². The molecule has 1 saturated heterocycles. The summed E-state index contributed by atoms with van der Waals surface area (Å²) in [5.41, 5.74) is 1.07. The molecule has 1 amide bonds. The number of likely N-dealkylation sites (tertiary alicyclic amines) is 1. The van der Waals surface area contributed by atoms with Crippen molar-refractivity contribution in [3.8, 4) is 0 Å². The summed E-state index contributed by atoms with van der Waals surface area (Å²) in [7, 11) is 0. The van der Waals surface area contributed by atoms with Crippen LogP contribution in [0.1, 0.15) is 54.7 Å². The number of carbonyl (C=O) groups excluding carboxylic acids is 1. The average molecular weight is 295 g/mol. The van der Waals surface area contributed by atoms with E-state index in [1.807, 2.05) is 18.7 Å². The minimum absolute atomic E-state index is 0.115. The maximum atomic E-state index is 12.4. The zero-order valence-electron chi connectivity index (χ0n) is 12.9. The van der Waals surface area contributed by atoms with Gasteiger partial charge in [-0.05, 0) is 47.0 Å². The number of hydrogen-bond donors (Lipinski definition) is 1. The average Bonchev–Trinajstić information content (AvgIpc) is 2.78. The van der Waals surface area contributed by atoms with Crippen LogP contribution in [-0.4, -0.2) is 34.9 Å². The first-order valence-corrected chi connectivity index (χ1v) is 8.29. The van der Waals surface area contributed by atoms with Gasteiger partial charge in [0.05, 0.1) is 16.7 Å². The summed E-state index contributed by atoms with van der Waals surface area (Å²) in [6, 6.07) is -0.0341. The maximum Gasteiger partial charge on any atom is 0.239 e. The van der Waals surface area contributed by atoms with Crippen LogP contribution in [0.3, 0.4) is 0 Å². The zero-order chi connectivity index (χ0) is 14.7. The van der Waals surface area contributed by atoms with Crippen LogP contribution < -0.4 is 5.32 Å². The van der Waals surface area contributed by atoms with E-state index in [1.165, 1.54) is 11.3 Å². The highest BCUT2D eigenvalue weighted by Gasteiger charge is 2.24. The molecule has 0 radical (unpaired) electrons. The molecule has 0 aromatic carbocycles. The second kappa shape index (κ2) is 6.68. The summed E-state index contributed by atoms with van der Waals surface area (Å²) in [6.07, 6.45) is 3.52. The number of aryl methyl sites for hydroxylation is 2. The molecule has 2 unspecified atom stereocenters. The normalized spacial score (nSPS) is 18.9. The molecule has 20 heavy (non-hydrogen) atoms. The Morgan fingerprint density at radius 2 is 1.90 bits per heavy atom. The van der Waals surface area contributed by atoms with E-state index in [0.29, 0.717) is 0 Å². The van der Waals surface area contributed by atoms with Crippen molar-refractivity contribution in [2.45, 2.75) is 59.0 Å².